The molecule has 0 saturated heterocycles. The minimum absolute atomic E-state index is 0.0484. The molecule has 0 aliphatic carbocycles. The van der Waals surface area contributed by atoms with Crippen molar-refractivity contribution in [3.8, 4) is 0 Å². The first-order valence-electron chi connectivity index (χ1n) is 5.92. The van der Waals surface area contributed by atoms with Crippen LogP contribution in [0.25, 0.3) is 0 Å². The van der Waals surface area contributed by atoms with Crippen LogP contribution in [-0.4, -0.2) is 10.1 Å². The highest BCUT2D eigenvalue weighted by Gasteiger charge is 2.33. The maximum Gasteiger partial charge on any atom is 0.417 e. The van der Waals surface area contributed by atoms with E-state index in [-0.39, 0.29) is 16.5 Å². The maximum absolute atomic E-state index is 12.8. The summed E-state index contributed by atoms with van der Waals surface area (Å²) in [7, 11) is 0. The van der Waals surface area contributed by atoms with E-state index in [1.807, 2.05) is 0 Å². The lowest BCUT2D eigenvalue weighted by molar-refractivity contribution is -0.138. The lowest BCUT2D eigenvalue weighted by Gasteiger charge is -2.15. The number of aliphatic hydroxyl groups is 1. The van der Waals surface area contributed by atoms with E-state index in [0.717, 1.165) is 10.5 Å². The second kappa shape index (κ2) is 6.46. The molecule has 1 atom stereocenters. The van der Waals surface area contributed by atoms with Gasteiger partial charge in [-0.3, -0.25) is 4.98 Å². The van der Waals surface area contributed by atoms with Gasteiger partial charge in [-0.15, -0.1) is 0 Å². The summed E-state index contributed by atoms with van der Waals surface area (Å²) in [5, 5.41) is 10.1. The molecule has 7 heteroatoms. The van der Waals surface area contributed by atoms with Gasteiger partial charge in [0.25, 0.3) is 0 Å². The average Bonchev–Trinajstić information content (AvgIpc) is 2.40. The van der Waals surface area contributed by atoms with Gasteiger partial charge in [0.05, 0.1) is 11.7 Å². The Labute approximate surface area is 136 Å². The van der Waals surface area contributed by atoms with E-state index >= 15 is 0 Å². The third kappa shape index (κ3) is 4.28. The third-order valence-corrected chi connectivity index (χ3v) is 4.03. The van der Waals surface area contributed by atoms with Crippen molar-refractivity contribution in [2.75, 3.05) is 0 Å². The zero-order valence-electron chi connectivity index (χ0n) is 10.5. The Balaban J connectivity index is 2.23. The summed E-state index contributed by atoms with van der Waals surface area (Å²) in [5.41, 5.74) is 0.000219. The molecular weight excluding hydrogens is 415 g/mol. The Morgan fingerprint density at radius 1 is 1.14 bits per heavy atom. The SMILES string of the molecule is OC(Cc1ccc(Br)cn1)c1ccc(Br)c(C(F)(F)F)c1. The number of halogens is 5. The van der Waals surface area contributed by atoms with Crippen molar-refractivity contribution in [3.63, 3.8) is 0 Å². The molecule has 0 fully saturated rings. The van der Waals surface area contributed by atoms with Crippen molar-refractivity contribution in [3.05, 3.63) is 62.3 Å². The predicted octanol–water partition coefficient (Wildman–Crippen LogP) is 4.90. The summed E-state index contributed by atoms with van der Waals surface area (Å²) in [5.74, 6) is 0. The highest BCUT2D eigenvalue weighted by atomic mass is 79.9. The third-order valence-electron chi connectivity index (χ3n) is 2.87. The molecule has 0 spiro atoms. The van der Waals surface area contributed by atoms with E-state index in [4.69, 9.17) is 0 Å². The lowest BCUT2D eigenvalue weighted by atomic mass is 10.0. The van der Waals surface area contributed by atoms with Crippen LogP contribution in [0.1, 0.15) is 22.9 Å². The molecule has 0 aliphatic heterocycles. The number of alkyl halides is 3. The Morgan fingerprint density at radius 3 is 2.43 bits per heavy atom. The molecule has 0 aliphatic rings. The van der Waals surface area contributed by atoms with Crippen molar-refractivity contribution in [1.29, 1.82) is 0 Å². The first-order chi connectivity index (χ1) is 9.77. The molecule has 0 bridgehead atoms. The molecule has 1 N–H and O–H groups in total. The highest BCUT2D eigenvalue weighted by Crippen LogP contribution is 2.36. The van der Waals surface area contributed by atoms with Crippen LogP contribution in [0.3, 0.4) is 0 Å². The van der Waals surface area contributed by atoms with Crippen LogP contribution in [0.15, 0.2) is 45.5 Å². The molecule has 112 valence electrons. The quantitative estimate of drug-likeness (QED) is 0.759. The van der Waals surface area contributed by atoms with Gasteiger partial charge in [-0.25, -0.2) is 0 Å². The fraction of sp³-hybridized carbons (Fsp3) is 0.214. The second-order valence-corrected chi connectivity index (χ2v) is 6.19. The zero-order valence-corrected chi connectivity index (χ0v) is 13.7. The fourth-order valence-corrected chi connectivity index (χ4v) is 2.52. The van der Waals surface area contributed by atoms with Crippen LogP contribution in [0.4, 0.5) is 13.2 Å². The van der Waals surface area contributed by atoms with Gasteiger partial charge >= 0.3 is 6.18 Å². The summed E-state index contributed by atoms with van der Waals surface area (Å²) < 4.78 is 39.2. The minimum atomic E-state index is -4.47. The van der Waals surface area contributed by atoms with Crippen LogP contribution in [-0.2, 0) is 12.6 Å². The number of aliphatic hydroxyl groups excluding tert-OH is 1. The molecule has 0 saturated carbocycles. The summed E-state index contributed by atoms with van der Waals surface area (Å²) in [6.45, 7) is 0. The second-order valence-electron chi connectivity index (χ2n) is 4.42. The largest absolute Gasteiger partial charge is 0.417 e. The number of nitrogens with zero attached hydrogens (tertiary/aromatic N) is 1. The van der Waals surface area contributed by atoms with Crippen LogP contribution >= 0.6 is 31.9 Å². The normalized spacial score (nSPS) is 13.2. The number of rotatable bonds is 3. The van der Waals surface area contributed by atoms with E-state index in [9.17, 15) is 18.3 Å². The van der Waals surface area contributed by atoms with E-state index in [2.05, 4.69) is 36.8 Å². The molecule has 2 rings (SSSR count). The fourth-order valence-electron chi connectivity index (χ4n) is 1.81. The number of benzene rings is 1. The molecular formula is C14H10Br2F3NO. The molecule has 2 nitrogen and oxygen atoms in total. The van der Waals surface area contributed by atoms with E-state index in [1.54, 1.807) is 18.3 Å². The van der Waals surface area contributed by atoms with E-state index < -0.39 is 17.8 Å². The molecule has 0 radical (unpaired) electrons. The van der Waals surface area contributed by atoms with E-state index in [0.29, 0.717) is 5.69 Å². The lowest BCUT2D eigenvalue weighted by Crippen LogP contribution is -2.09. The number of hydrogen-bond donors (Lipinski definition) is 1. The van der Waals surface area contributed by atoms with Crippen molar-refractivity contribution in [2.45, 2.75) is 18.7 Å². The van der Waals surface area contributed by atoms with Gasteiger partial charge < -0.3 is 5.11 Å². The summed E-state index contributed by atoms with van der Waals surface area (Å²) >= 11 is 6.11. The summed E-state index contributed by atoms with van der Waals surface area (Å²) in [6.07, 6.45) is -3.80. The monoisotopic (exact) mass is 423 g/mol. The molecule has 0 amide bonds. The van der Waals surface area contributed by atoms with Gasteiger partial charge in [-0.05, 0) is 45.8 Å². The summed E-state index contributed by atoms with van der Waals surface area (Å²) in [4.78, 5) is 4.09. The molecule has 1 aromatic heterocycles. The van der Waals surface area contributed by atoms with Gasteiger partial charge in [0.1, 0.15) is 0 Å². The van der Waals surface area contributed by atoms with Crippen molar-refractivity contribution < 1.29 is 18.3 Å². The van der Waals surface area contributed by atoms with Gasteiger partial charge in [-0.2, -0.15) is 13.2 Å². The predicted molar refractivity (Wildman–Crippen MR) is 79.7 cm³/mol. The standard InChI is InChI=1S/C14H10Br2F3NO/c15-9-2-3-10(20-7-9)6-13(21)8-1-4-12(16)11(5-8)14(17,18)19/h1-5,7,13,21H,6H2. The van der Waals surface area contributed by atoms with E-state index in [1.165, 1.54) is 12.1 Å². The van der Waals surface area contributed by atoms with Gasteiger partial charge in [-0.1, -0.05) is 22.0 Å². The van der Waals surface area contributed by atoms with Crippen LogP contribution in [0, 0.1) is 0 Å². The molecule has 21 heavy (non-hydrogen) atoms. The van der Waals surface area contributed by atoms with Gasteiger partial charge in [0, 0.05) is 27.3 Å². The molecule has 1 unspecified atom stereocenters. The van der Waals surface area contributed by atoms with Gasteiger partial charge in [0.15, 0.2) is 0 Å². The average molecular weight is 425 g/mol. The van der Waals surface area contributed by atoms with Crippen LogP contribution in [0.2, 0.25) is 0 Å². The van der Waals surface area contributed by atoms with Crippen molar-refractivity contribution >= 4 is 31.9 Å². The highest BCUT2D eigenvalue weighted by molar-refractivity contribution is 9.10. The smallest absolute Gasteiger partial charge is 0.388 e. The Morgan fingerprint density at radius 2 is 1.86 bits per heavy atom. The van der Waals surface area contributed by atoms with Crippen LogP contribution < -0.4 is 0 Å². The first-order valence-corrected chi connectivity index (χ1v) is 7.51. The Bertz CT molecular complexity index is 629. The topological polar surface area (TPSA) is 33.1 Å². The molecule has 1 aromatic carbocycles. The van der Waals surface area contributed by atoms with Crippen LogP contribution in [0.5, 0.6) is 0 Å². The molecule has 2 aromatic rings. The summed E-state index contributed by atoms with van der Waals surface area (Å²) in [6, 6.07) is 7.17. The number of aromatic nitrogens is 1. The number of hydrogen-bond acceptors (Lipinski definition) is 2. The maximum atomic E-state index is 12.8. The Kier molecular flexibility index (Phi) is 5.06. The first kappa shape index (κ1) is 16.5. The van der Waals surface area contributed by atoms with Gasteiger partial charge in [0.2, 0.25) is 0 Å². The van der Waals surface area contributed by atoms with Crippen molar-refractivity contribution in [1.82, 2.24) is 4.98 Å². The zero-order chi connectivity index (χ0) is 15.6. The van der Waals surface area contributed by atoms with Crippen molar-refractivity contribution in [2.24, 2.45) is 0 Å². The minimum Gasteiger partial charge on any atom is -0.388 e. The number of pyridine rings is 1. The Hall–Kier alpha value is -0.920. The molecule has 1 heterocycles.